The zero-order valence-corrected chi connectivity index (χ0v) is 11.0. The van der Waals surface area contributed by atoms with Crippen LogP contribution in [0, 0.1) is 11.3 Å². The summed E-state index contributed by atoms with van der Waals surface area (Å²) in [6, 6.07) is 16.0. The molecule has 1 N–H and O–H groups in total. The average Bonchev–Trinajstić information content (AvgIpc) is 2.95. The highest BCUT2D eigenvalue weighted by Gasteiger charge is 2.07. The van der Waals surface area contributed by atoms with Gasteiger partial charge < -0.3 is 9.67 Å². The van der Waals surface area contributed by atoms with Crippen LogP contribution in [0.5, 0.6) is 0 Å². The summed E-state index contributed by atoms with van der Waals surface area (Å²) in [5.74, 6) is 0. The molecule has 0 amide bonds. The minimum atomic E-state index is 0.151. The van der Waals surface area contributed by atoms with Crippen LogP contribution in [0.1, 0.15) is 11.1 Å². The van der Waals surface area contributed by atoms with E-state index in [1.54, 1.807) is 0 Å². The first-order valence-electron chi connectivity index (χ1n) is 6.53. The van der Waals surface area contributed by atoms with Gasteiger partial charge in [-0.15, -0.1) is 0 Å². The molecule has 0 fully saturated rings. The fraction of sp³-hybridized carbons (Fsp3) is 0.118. The Morgan fingerprint density at radius 2 is 1.85 bits per heavy atom. The van der Waals surface area contributed by atoms with Crippen molar-refractivity contribution in [3.8, 4) is 11.8 Å². The number of nitrogens with zero attached hydrogens (tertiary/aromatic N) is 2. The van der Waals surface area contributed by atoms with Crippen molar-refractivity contribution in [1.29, 1.82) is 5.26 Å². The predicted octanol–water partition coefficient (Wildman–Crippen LogP) is 3.04. The second kappa shape index (κ2) is 5.20. The first-order chi connectivity index (χ1) is 9.83. The smallest absolute Gasteiger partial charge is 0.0998 e. The Labute approximate surface area is 117 Å². The van der Waals surface area contributed by atoms with E-state index in [2.05, 4.69) is 6.07 Å². The van der Waals surface area contributed by atoms with Crippen molar-refractivity contribution in [3.05, 3.63) is 66.0 Å². The van der Waals surface area contributed by atoms with Gasteiger partial charge >= 0.3 is 0 Å². The van der Waals surface area contributed by atoms with Gasteiger partial charge in [-0.05, 0) is 30.2 Å². The highest BCUT2D eigenvalue weighted by atomic mass is 16.2. The number of aliphatic hydroxyl groups excluding tert-OH is 1. The summed E-state index contributed by atoms with van der Waals surface area (Å²) >= 11 is 0. The van der Waals surface area contributed by atoms with Crippen LogP contribution in [0.2, 0.25) is 0 Å². The van der Waals surface area contributed by atoms with Crippen molar-refractivity contribution in [1.82, 2.24) is 4.57 Å². The summed E-state index contributed by atoms with van der Waals surface area (Å²) in [5, 5.41) is 20.2. The maximum absolute atomic E-state index is 9.19. The minimum Gasteiger partial charge on any atom is -0.396 e. The van der Waals surface area contributed by atoms with Gasteiger partial charge in [0.2, 0.25) is 0 Å². The third-order valence-electron chi connectivity index (χ3n) is 3.45. The standard InChI is InChI=1S/C17H14N2O/c18-11-14-5-6-17(16-4-2-1-3-15(14)16)19-9-7-13(12-19)8-10-20/h1-7,9,12,20H,8,10H2. The van der Waals surface area contributed by atoms with Gasteiger partial charge in [0.05, 0.1) is 17.3 Å². The van der Waals surface area contributed by atoms with Crippen LogP contribution in [-0.4, -0.2) is 16.3 Å². The molecular weight excluding hydrogens is 248 g/mol. The number of hydrogen-bond acceptors (Lipinski definition) is 2. The van der Waals surface area contributed by atoms with E-state index in [1.165, 1.54) is 0 Å². The molecule has 2 aromatic carbocycles. The molecule has 3 heteroatoms. The molecule has 1 aromatic heterocycles. The number of benzene rings is 2. The summed E-state index contributed by atoms with van der Waals surface area (Å²) in [5.41, 5.74) is 2.83. The normalized spacial score (nSPS) is 10.6. The molecule has 0 saturated heterocycles. The molecule has 20 heavy (non-hydrogen) atoms. The molecule has 3 nitrogen and oxygen atoms in total. The maximum atomic E-state index is 9.19. The molecule has 0 aliphatic heterocycles. The second-order valence-electron chi connectivity index (χ2n) is 4.69. The molecule has 0 aliphatic rings. The Kier molecular flexibility index (Phi) is 3.24. The van der Waals surface area contributed by atoms with Gasteiger partial charge in [0.25, 0.3) is 0 Å². The van der Waals surface area contributed by atoms with E-state index in [1.807, 2.05) is 59.4 Å². The SMILES string of the molecule is N#Cc1ccc(-n2ccc(CCO)c2)c2ccccc12. The van der Waals surface area contributed by atoms with Gasteiger partial charge in [-0.25, -0.2) is 0 Å². The lowest BCUT2D eigenvalue weighted by molar-refractivity contribution is 0.299. The van der Waals surface area contributed by atoms with Crippen LogP contribution in [0.3, 0.4) is 0 Å². The molecule has 3 rings (SSSR count). The van der Waals surface area contributed by atoms with E-state index in [0.29, 0.717) is 12.0 Å². The maximum Gasteiger partial charge on any atom is 0.0998 e. The van der Waals surface area contributed by atoms with Crippen molar-refractivity contribution in [3.63, 3.8) is 0 Å². The number of nitriles is 1. The summed E-state index contributed by atoms with van der Waals surface area (Å²) in [6.07, 6.45) is 4.66. The molecular formula is C17H14N2O. The second-order valence-corrected chi connectivity index (χ2v) is 4.69. The van der Waals surface area contributed by atoms with Crippen molar-refractivity contribution >= 4 is 10.8 Å². The molecule has 1 heterocycles. The molecule has 0 unspecified atom stereocenters. The molecule has 3 aromatic rings. The monoisotopic (exact) mass is 262 g/mol. The molecule has 0 saturated carbocycles. The van der Waals surface area contributed by atoms with Crippen LogP contribution in [0.15, 0.2) is 54.9 Å². The summed E-state index contributed by atoms with van der Waals surface area (Å²) in [4.78, 5) is 0. The Bertz CT molecular complexity index is 796. The van der Waals surface area contributed by atoms with E-state index in [0.717, 1.165) is 22.0 Å². The Hall–Kier alpha value is -2.57. The fourth-order valence-electron chi connectivity index (χ4n) is 2.47. The van der Waals surface area contributed by atoms with Gasteiger partial charge in [0, 0.05) is 29.8 Å². The summed E-state index contributed by atoms with van der Waals surface area (Å²) in [7, 11) is 0. The van der Waals surface area contributed by atoms with Crippen LogP contribution in [0.4, 0.5) is 0 Å². The predicted molar refractivity (Wildman–Crippen MR) is 78.8 cm³/mol. The molecule has 98 valence electrons. The lowest BCUT2D eigenvalue weighted by Gasteiger charge is -2.09. The Balaban J connectivity index is 2.19. The Morgan fingerprint density at radius 3 is 2.60 bits per heavy atom. The van der Waals surface area contributed by atoms with E-state index in [4.69, 9.17) is 5.11 Å². The zero-order valence-electron chi connectivity index (χ0n) is 11.0. The van der Waals surface area contributed by atoms with Crippen molar-refractivity contribution in [2.75, 3.05) is 6.61 Å². The minimum absolute atomic E-state index is 0.151. The first-order valence-corrected chi connectivity index (χ1v) is 6.53. The molecule has 0 atom stereocenters. The van der Waals surface area contributed by atoms with Gasteiger partial charge in [-0.2, -0.15) is 5.26 Å². The number of rotatable bonds is 3. The van der Waals surface area contributed by atoms with Gasteiger partial charge in [0.15, 0.2) is 0 Å². The number of aromatic nitrogens is 1. The lowest BCUT2D eigenvalue weighted by atomic mass is 10.0. The van der Waals surface area contributed by atoms with Crippen LogP contribution in [-0.2, 0) is 6.42 Å². The van der Waals surface area contributed by atoms with E-state index < -0.39 is 0 Å². The van der Waals surface area contributed by atoms with Crippen LogP contribution in [0.25, 0.3) is 16.5 Å². The quantitative estimate of drug-likeness (QED) is 0.788. The zero-order chi connectivity index (χ0) is 13.9. The number of aliphatic hydroxyl groups is 1. The van der Waals surface area contributed by atoms with E-state index >= 15 is 0 Å². The first kappa shape index (κ1) is 12.5. The number of hydrogen-bond donors (Lipinski definition) is 1. The van der Waals surface area contributed by atoms with Gasteiger partial charge in [-0.1, -0.05) is 24.3 Å². The molecule has 0 spiro atoms. The molecule has 0 radical (unpaired) electrons. The molecule has 0 aliphatic carbocycles. The Morgan fingerprint density at radius 1 is 1.05 bits per heavy atom. The third kappa shape index (κ3) is 2.07. The fourth-order valence-corrected chi connectivity index (χ4v) is 2.47. The van der Waals surface area contributed by atoms with Crippen molar-refractivity contribution < 1.29 is 5.11 Å². The van der Waals surface area contributed by atoms with Crippen molar-refractivity contribution in [2.24, 2.45) is 0 Å². The average molecular weight is 262 g/mol. The topological polar surface area (TPSA) is 49.0 Å². The summed E-state index contributed by atoms with van der Waals surface area (Å²) < 4.78 is 2.04. The third-order valence-corrected chi connectivity index (χ3v) is 3.45. The van der Waals surface area contributed by atoms with Gasteiger partial charge in [0.1, 0.15) is 0 Å². The van der Waals surface area contributed by atoms with E-state index in [9.17, 15) is 5.26 Å². The largest absolute Gasteiger partial charge is 0.396 e. The number of fused-ring (bicyclic) bond motifs is 1. The molecule has 0 bridgehead atoms. The van der Waals surface area contributed by atoms with Crippen molar-refractivity contribution in [2.45, 2.75) is 6.42 Å². The van der Waals surface area contributed by atoms with Crippen LogP contribution >= 0.6 is 0 Å². The lowest BCUT2D eigenvalue weighted by Crippen LogP contribution is -1.94. The summed E-state index contributed by atoms with van der Waals surface area (Å²) in [6.45, 7) is 0.151. The highest BCUT2D eigenvalue weighted by Crippen LogP contribution is 2.25. The van der Waals surface area contributed by atoms with Gasteiger partial charge in [-0.3, -0.25) is 0 Å². The van der Waals surface area contributed by atoms with Crippen LogP contribution < -0.4 is 0 Å². The highest BCUT2D eigenvalue weighted by molar-refractivity contribution is 5.94. The van der Waals surface area contributed by atoms with E-state index in [-0.39, 0.29) is 6.61 Å².